The van der Waals surface area contributed by atoms with Crippen molar-refractivity contribution in [1.29, 1.82) is 0 Å². The molecule has 0 atom stereocenters. The highest BCUT2D eigenvalue weighted by Crippen LogP contribution is 1.94. The number of nitrogens with one attached hydrogen (secondary N) is 1. The molecule has 1 aromatic heterocycles. The lowest BCUT2D eigenvalue weighted by Gasteiger charge is -2.06. The number of hydrogen-bond acceptors (Lipinski definition) is 4. The molecule has 0 spiro atoms. The SMILES string of the molecule is COCCNCCCCn1cc(C)cnc1=O. The molecule has 0 aliphatic carbocycles. The van der Waals surface area contributed by atoms with Crippen molar-refractivity contribution in [2.45, 2.75) is 26.3 Å². The van der Waals surface area contributed by atoms with Gasteiger partial charge in [0.05, 0.1) is 6.61 Å². The molecule has 1 aromatic rings. The van der Waals surface area contributed by atoms with Gasteiger partial charge in [-0.25, -0.2) is 9.78 Å². The van der Waals surface area contributed by atoms with Crippen LogP contribution in [-0.4, -0.2) is 36.4 Å². The summed E-state index contributed by atoms with van der Waals surface area (Å²) in [4.78, 5) is 15.2. The van der Waals surface area contributed by atoms with E-state index in [1.165, 1.54) is 0 Å². The largest absolute Gasteiger partial charge is 0.383 e. The summed E-state index contributed by atoms with van der Waals surface area (Å²) in [5.74, 6) is 0. The van der Waals surface area contributed by atoms with Crippen molar-refractivity contribution in [2.24, 2.45) is 0 Å². The standard InChI is InChI=1S/C12H21N3O2/c1-11-9-14-12(16)15(10-11)7-4-3-5-13-6-8-17-2/h9-10,13H,3-8H2,1-2H3. The average Bonchev–Trinajstić information content (AvgIpc) is 2.32. The Morgan fingerprint density at radius 2 is 2.24 bits per heavy atom. The molecule has 5 nitrogen and oxygen atoms in total. The molecule has 0 saturated heterocycles. The first-order valence-corrected chi connectivity index (χ1v) is 5.97. The first-order chi connectivity index (χ1) is 8.24. The molecule has 17 heavy (non-hydrogen) atoms. The van der Waals surface area contributed by atoms with Gasteiger partial charge in [0.2, 0.25) is 0 Å². The third-order valence-corrected chi connectivity index (χ3v) is 2.47. The second-order valence-corrected chi connectivity index (χ2v) is 4.06. The van der Waals surface area contributed by atoms with E-state index in [0.717, 1.165) is 44.6 Å². The topological polar surface area (TPSA) is 56.1 Å². The fourth-order valence-electron chi connectivity index (χ4n) is 1.56. The number of nitrogens with zero attached hydrogens (tertiary/aromatic N) is 2. The quantitative estimate of drug-likeness (QED) is 0.674. The second-order valence-electron chi connectivity index (χ2n) is 4.06. The Balaban J connectivity index is 2.18. The van der Waals surface area contributed by atoms with Crippen molar-refractivity contribution in [3.05, 3.63) is 28.4 Å². The molecule has 1 N–H and O–H groups in total. The number of ether oxygens (including phenoxy) is 1. The number of aryl methyl sites for hydroxylation is 2. The highest BCUT2D eigenvalue weighted by atomic mass is 16.5. The summed E-state index contributed by atoms with van der Waals surface area (Å²) in [7, 11) is 1.69. The van der Waals surface area contributed by atoms with E-state index in [1.807, 2.05) is 13.1 Å². The van der Waals surface area contributed by atoms with E-state index in [9.17, 15) is 4.79 Å². The molecule has 0 fully saturated rings. The normalized spacial score (nSPS) is 10.7. The van der Waals surface area contributed by atoms with Crippen LogP contribution >= 0.6 is 0 Å². The van der Waals surface area contributed by atoms with Gasteiger partial charge in [0.1, 0.15) is 0 Å². The van der Waals surface area contributed by atoms with Crippen LogP contribution in [0.3, 0.4) is 0 Å². The number of aromatic nitrogens is 2. The molecule has 0 radical (unpaired) electrons. The summed E-state index contributed by atoms with van der Waals surface area (Å²) in [6.07, 6.45) is 5.48. The molecular weight excluding hydrogens is 218 g/mol. The highest BCUT2D eigenvalue weighted by molar-refractivity contribution is 4.99. The van der Waals surface area contributed by atoms with Gasteiger partial charge in [-0.3, -0.25) is 4.57 Å². The van der Waals surface area contributed by atoms with Crippen LogP contribution in [0.2, 0.25) is 0 Å². The fourth-order valence-corrected chi connectivity index (χ4v) is 1.56. The van der Waals surface area contributed by atoms with Crippen LogP contribution in [0.25, 0.3) is 0 Å². The summed E-state index contributed by atoms with van der Waals surface area (Å²) in [6, 6.07) is 0. The molecule has 1 heterocycles. The smallest absolute Gasteiger partial charge is 0.347 e. The maximum absolute atomic E-state index is 11.4. The molecule has 0 unspecified atom stereocenters. The molecule has 0 aliphatic heterocycles. The molecule has 0 aliphatic rings. The van der Waals surface area contributed by atoms with Crippen LogP contribution in [0.5, 0.6) is 0 Å². The maximum Gasteiger partial charge on any atom is 0.347 e. The Morgan fingerprint density at radius 3 is 3.00 bits per heavy atom. The van der Waals surface area contributed by atoms with Crippen LogP contribution in [0, 0.1) is 6.92 Å². The number of hydrogen-bond donors (Lipinski definition) is 1. The highest BCUT2D eigenvalue weighted by Gasteiger charge is 1.97. The zero-order valence-corrected chi connectivity index (χ0v) is 10.6. The van der Waals surface area contributed by atoms with Gasteiger partial charge in [0, 0.05) is 32.6 Å². The van der Waals surface area contributed by atoms with Crippen LogP contribution in [0.15, 0.2) is 17.2 Å². The molecule has 0 amide bonds. The Hall–Kier alpha value is -1.20. The number of rotatable bonds is 8. The van der Waals surface area contributed by atoms with E-state index in [4.69, 9.17) is 4.74 Å². The van der Waals surface area contributed by atoms with E-state index >= 15 is 0 Å². The third kappa shape index (κ3) is 5.60. The van der Waals surface area contributed by atoms with Gasteiger partial charge < -0.3 is 10.1 Å². The maximum atomic E-state index is 11.4. The Kier molecular flexibility index (Phi) is 6.50. The van der Waals surface area contributed by atoms with Gasteiger partial charge in [0.25, 0.3) is 0 Å². The van der Waals surface area contributed by atoms with E-state index in [-0.39, 0.29) is 5.69 Å². The first-order valence-electron chi connectivity index (χ1n) is 5.97. The van der Waals surface area contributed by atoms with Crippen molar-refractivity contribution < 1.29 is 4.74 Å². The molecule has 1 rings (SSSR count). The van der Waals surface area contributed by atoms with Crippen LogP contribution in [0.1, 0.15) is 18.4 Å². The van der Waals surface area contributed by atoms with Crippen LogP contribution < -0.4 is 11.0 Å². The van der Waals surface area contributed by atoms with Gasteiger partial charge in [0.15, 0.2) is 0 Å². The van der Waals surface area contributed by atoms with Crippen molar-refractivity contribution in [3.63, 3.8) is 0 Å². The Bertz CT molecular complexity index is 376. The molecule has 0 bridgehead atoms. The Morgan fingerprint density at radius 1 is 1.41 bits per heavy atom. The minimum atomic E-state index is -0.164. The van der Waals surface area contributed by atoms with Gasteiger partial charge in [-0.15, -0.1) is 0 Å². The van der Waals surface area contributed by atoms with Crippen LogP contribution in [-0.2, 0) is 11.3 Å². The van der Waals surface area contributed by atoms with Gasteiger partial charge in [-0.2, -0.15) is 0 Å². The first kappa shape index (κ1) is 13.9. The lowest BCUT2D eigenvalue weighted by Crippen LogP contribution is -2.24. The van der Waals surface area contributed by atoms with Crippen molar-refractivity contribution in [3.8, 4) is 0 Å². The predicted octanol–water partition coefficient (Wildman–Crippen LogP) is 0.568. The Labute approximate surface area is 102 Å². The fraction of sp³-hybridized carbons (Fsp3) is 0.667. The molecule has 0 saturated carbocycles. The second kappa shape index (κ2) is 7.97. The summed E-state index contributed by atoms with van der Waals surface area (Å²) in [6.45, 7) is 5.25. The number of unbranched alkanes of at least 4 members (excludes halogenated alkanes) is 1. The molecular formula is C12H21N3O2. The van der Waals surface area contributed by atoms with E-state index < -0.39 is 0 Å². The minimum Gasteiger partial charge on any atom is -0.383 e. The summed E-state index contributed by atoms with van der Waals surface area (Å²) >= 11 is 0. The van der Waals surface area contributed by atoms with Crippen molar-refractivity contribution in [2.75, 3.05) is 26.8 Å². The predicted molar refractivity (Wildman–Crippen MR) is 67.2 cm³/mol. The third-order valence-electron chi connectivity index (χ3n) is 2.47. The van der Waals surface area contributed by atoms with Crippen molar-refractivity contribution in [1.82, 2.24) is 14.9 Å². The van der Waals surface area contributed by atoms with E-state index in [0.29, 0.717) is 0 Å². The lowest BCUT2D eigenvalue weighted by atomic mass is 10.3. The zero-order chi connectivity index (χ0) is 12.5. The van der Waals surface area contributed by atoms with Crippen molar-refractivity contribution >= 4 is 0 Å². The molecule has 0 aromatic carbocycles. The number of methoxy groups -OCH3 is 1. The van der Waals surface area contributed by atoms with E-state index in [1.54, 1.807) is 17.9 Å². The zero-order valence-electron chi connectivity index (χ0n) is 10.6. The molecule has 5 heteroatoms. The van der Waals surface area contributed by atoms with Gasteiger partial charge in [-0.1, -0.05) is 0 Å². The molecule has 96 valence electrons. The average molecular weight is 239 g/mol. The minimum absolute atomic E-state index is 0.164. The summed E-state index contributed by atoms with van der Waals surface area (Å²) in [5.41, 5.74) is 0.853. The summed E-state index contributed by atoms with van der Waals surface area (Å²) in [5, 5.41) is 3.27. The van der Waals surface area contributed by atoms with Gasteiger partial charge >= 0.3 is 5.69 Å². The summed E-state index contributed by atoms with van der Waals surface area (Å²) < 4.78 is 6.60. The monoisotopic (exact) mass is 239 g/mol. The van der Waals surface area contributed by atoms with Crippen LogP contribution in [0.4, 0.5) is 0 Å². The van der Waals surface area contributed by atoms with E-state index in [2.05, 4.69) is 10.3 Å². The lowest BCUT2D eigenvalue weighted by molar-refractivity contribution is 0.199. The van der Waals surface area contributed by atoms with Gasteiger partial charge in [-0.05, 0) is 31.9 Å².